The molecular formula is C23H38AlO-. The normalized spacial score (nSPS) is 11.5. The smallest absolute Gasteiger partial charge is 0.262 e. The number of para-hydroxylation sites is 1. The Morgan fingerprint density at radius 1 is 0.960 bits per heavy atom. The fourth-order valence-electron chi connectivity index (χ4n) is 4.19. The number of unbranched alkanes of at least 4 members (excludes halogenated alkanes) is 4. The summed E-state index contributed by atoms with van der Waals surface area (Å²) in [6.07, 6.45) is 6.22. The third kappa shape index (κ3) is 7.48. The van der Waals surface area contributed by atoms with Crippen molar-refractivity contribution in [1.82, 2.24) is 0 Å². The first kappa shape index (κ1) is 22.2. The maximum atomic E-state index is 5.75. The van der Waals surface area contributed by atoms with Crippen LogP contribution in [0.15, 0.2) is 24.3 Å². The molecule has 0 atom stereocenters. The van der Waals surface area contributed by atoms with Crippen molar-refractivity contribution in [3.8, 4) is 16.5 Å². The molecule has 0 saturated carbocycles. The molecule has 1 aromatic rings. The summed E-state index contributed by atoms with van der Waals surface area (Å²) in [7, 11) is 1.80. The van der Waals surface area contributed by atoms with Gasteiger partial charge in [-0.3, -0.25) is 0 Å². The fourth-order valence-corrected chi connectivity index (χ4v) is 10.3. The highest BCUT2D eigenvalue weighted by Gasteiger charge is 2.33. The maximum Gasteiger partial charge on any atom is 0.262 e. The highest BCUT2D eigenvalue weighted by Crippen LogP contribution is 2.28. The molecule has 0 radical (unpaired) electrons. The van der Waals surface area contributed by atoms with Gasteiger partial charge >= 0.3 is 0 Å². The van der Waals surface area contributed by atoms with Gasteiger partial charge in [0.15, 0.2) is 0 Å². The van der Waals surface area contributed by atoms with E-state index in [2.05, 4.69) is 69.6 Å². The Morgan fingerprint density at radius 2 is 1.60 bits per heavy atom. The molecule has 0 amide bonds. The van der Waals surface area contributed by atoms with Gasteiger partial charge in [-0.25, -0.2) is 0 Å². The average molecular weight is 358 g/mol. The predicted octanol–water partition coefficient (Wildman–Crippen LogP) is 6.18. The first-order valence-corrected chi connectivity index (χ1v) is 13.1. The highest BCUT2D eigenvalue weighted by atomic mass is 27.2. The Labute approximate surface area is 159 Å². The summed E-state index contributed by atoms with van der Waals surface area (Å²) in [5, 5.41) is 2.49. The Bertz CT molecular complexity index is 541. The van der Waals surface area contributed by atoms with Gasteiger partial charge in [0.05, 0.1) is 12.9 Å². The quantitative estimate of drug-likeness (QED) is 0.276. The lowest BCUT2D eigenvalue weighted by Crippen LogP contribution is -2.49. The Hall–Kier alpha value is -0.888. The molecule has 0 spiro atoms. The molecule has 0 aliphatic rings. The van der Waals surface area contributed by atoms with Crippen LogP contribution in [0.5, 0.6) is 5.75 Å². The monoisotopic (exact) mass is 357 g/mol. The summed E-state index contributed by atoms with van der Waals surface area (Å²) in [6.45, 7) is 11.6. The zero-order chi connectivity index (χ0) is 18.7. The van der Waals surface area contributed by atoms with Gasteiger partial charge in [-0.05, 0) is 12.5 Å². The van der Waals surface area contributed by atoms with Crippen molar-refractivity contribution in [2.24, 2.45) is 11.8 Å². The van der Waals surface area contributed by atoms with Crippen LogP contribution in [-0.4, -0.2) is 20.2 Å². The van der Waals surface area contributed by atoms with Gasteiger partial charge in [0, 0.05) is 6.42 Å². The minimum absolute atomic E-state index is 0.669. The van der Waals surface area contributed by atoms with Crippen LogP contribution in [0.1, 0.15) is 66.7 Å². The summed E-state index contributed by atoms with van der Waals surface area (Å²) in [5.41, 5.74) is 0. The number of benzene rings is 1. The summed E-state index contributed by atoms with van der Waals surface area (Å²) < 4.78 is 7.18. The Morgan fingerprint density at radius 3 is 2.16 bits per heavy atom. The molecule has 1 nitrogen and oxygen atoms in total. The number of hydrogen-bond acceptors (Lipinski definition) is 1. The molecule has 0 bridgehead atoms. The van der Waals surface area contributed by atoms with Crippen molar-refractivity contribution in [2.75, 3.05) is 7.11 Å². The fraction of sp³-hybridized carbons (Fsp3) is 0.652. The zero-order valence-electron chi connectivity index (χ0n) is 17.4. The second-order valence-electron chi connectivity index (χ2n) is 8.38. The van der Waals surface area contributed by atoms with E-state index in [4.69, 9.17) is 4.74 Å². The molecule has 0 fully saturated rings. The topological polar surface area (TPSA) is 9.23 Å². The van der Waals surface area contributed by atoms with Gasteiger partial charge in [0.25, 0.3) is 13.1 Å². The SMILES string of the molecule is CCCCCCC#[C][Al-]([CH2]C(C)C)([CH2]C(C)C)[c]1ccccc1OC. The molecule has 140 valence electrons. The average Bonchev–Trinajstić information content (AvgIpc) is 2.56. The van der Waals surface area contributed by atoms with Gasteiger partial charge in [-0.2, -0.15) is 20.9 Å². The molecule has 0 saturated heterocycles. The second-order valence-corrected chi connectivity index (χ2v) is 12.7. The number of ether oxygens (including phenoxy) is 1. The highest BCUT2D eigenvalue weighted by molar-refractivity contribution is 6.99. The minimum Gasteiger partial charge on any atom is -0.501 e. The van der Waals surface area contributed by atoms with Gasteiger partial charge in [-0.1, -0.05) is 77.8 Å². The molecule has 0 N–H and O–H groups in total. The van der Waals surface area contributed by atoms with E-state index in [0.29, 0.717) is 11.8 Å². The van der Waals surface area contributed by atoms with Crippen molar-refractivity contribution < 1.29 is 4.74 Å². The molecule has 1 aromatic carbocycles. The van der Waals surface area contributed by atoms with Crippen LogP contribution in [0.2, 0.25) is 10.6 Å². The third-order valence-electron chi connectivity index (χ3n) is 5.02. The number of hydrogen-bond donors (Lipinski definition) is 0. The van der Waals surface area contributed by atoms with Gasteiger partial charge in [0.1, 0.15) is 0 Å². The first-order chi connectivity index (χ1) is 11.9. The van der Waals surface area contributed by atoms with Crippen LogP contribution in [0.4, 0.5) is 0 Å². The summed E-state index contributed by atoms with van der Waals surface area (Å²) in [6, 6.07) is 8.65. The molecule has 2 heteroatoms. The van der Waals surface area contributed by atoms with Crippen LogP contribution in [-0.2, 0) is 0 Å². The van der Waals surface area contributed by atoms with E-state index in [0.717, 1.165) is 12.2 Å². The summed E-state index contributed by atoms with van der Waals surface area (Å²) in [5.74, 6) is 6.00. The zero-order valence-corrected chi connectivity index (χ0v) is 18.6. The Kier molecular flexibility index (Phi) is 10.3. The first-order valence-electron chi connectivity index (χ1n) is 10.3. The standard InChI is InChI=1S/C8H13.C7H7O.2C4H9.Al/c1-3-5-7-8-6-4-2;1-8-7-5-3-2-4-6-7;2*1-4(2)3;/h3,5-8H2,1H3;2-5H,1H3;2*4H,1H2,2-3H3;/q;;;;-1. The van der Waals surface area contributed by atoms with Crippen LogP contribution >= 0.6 is 0 Å². The third-order valence-corrected chi connectivity index (χ3v) is 10.9. The molecular weight excluding hydrogens is 319 g/mol. The van der Waals surface area contributed by atoms with Crippen LogP contribution < -0.4 is 9.16 Å². The van der Waals surface area contributed by atoms with E-state index in [1.54, 1.807) is 7.11 Å². The van der Waals surface area contributed by atoms with E-state index in [1.165, 1.54) is 40.7 Å². The molecule has 1 rings (SSSR count). The van der Waals surface area contributed by atoms with Crippen molar-refractivity contribution in [1.29, 1.82) is 0 Å². The van der Waals surface area contributed by atoms with Crippen LogP contribution in [0.25, 0.3) is 0 Å². The summed E-state index contributed by atoms with van der Waals surface area (Å²) >= 11 is -2.28. The van der Waals surface area contributed by atoms with Gasteiger partial charge in [0.2, 0.25) is 0 Å². The van der Waals surface area contributed by atoms with E-state index in [1.807, 2.05) is 0 Å². The molecule has 25 heavy (non-hydrogen) atoms. The number of methoxy groups -OCH3 is 1. The van der Waals surface area contributed by atoms with Crippen molar-refractivity contribution in [2.45, 2.75) is 77.3 Å². The predicted molar refractivity (Wildman–Crippen MR) is 114 cm³/mol. The van der Waals surface area contributed by atoms with Gasteiger partial charge in [-0.15, -0.1) is 6.07 Å². The summed E-state index contributed by atoms with van der Waals surface area (Å²) in [4.78, 5) is 3.90. The molecule has 0 aromatic heterocycles. The number of rotatable bonds is 10. The molecule has 0 unspecified atom stereocenters. The van der Waals surface area contributed by atoms with E-state index >= 15 is 0 Å². The van der Waals surface area contributed by atoms with Crippen molar-refractivity contribution in [3.63, 3.8) is 0 Å². The van der Waals surface area contributed by atoms with E-state index < -0.39 is 13.1 Å². The van der Waals surface area contributed by atoms with Gasteiger partial charge < -0.3 is 9.52 Å². The lowest BCUT2D eigenvalue weighted by molar-refractivity contribution is 0.417. The maximum absolute atomic E-state index is 5.75. The van der Waals surface area contributed by atoms with Crippen LogP contribution in [0.3, 0.4) is 0 Å². The van der Waals surface area contributed by atoms with E-state index in [-0.39, 0.29) is 0 Å². The molecule has 0 aliphatic heterocycles. The van der Waals surface area contributed by atoms with Crippen LogP contribution in [0, 0.1) is 22.5 Å². The lowest BCUT2D eigenvalue weighted by atomic mass is 10.2. The Balaban J connectivity index is 3.20. The minimum atomic E-state index is -2.28. The largest absolute Gasteiger partial charge is 0.501 e. The van der Waals surface area contributed by atoms with Crippen molar-refractivity contribution in [3.05, 3.63) is 24.3 Å². The second kappa shape index (κ2) is 11.7. The van der Waals surface area contributed by atoms with Crippen molar-refractivity contribution >= 4 is 17.5 Å². The van der Waals surface area contributed by atoms with E-state index in [9.17, 15) is 0 Å². The molecule has 0 aliphatic carbocycles. The molecule has 0 heterocycles. The lowest BCUT2D eigenvalue weighted by Gasteiger charge is -2.37.